The van der Waals surface area contributed by atoms with Crippen LogP contribution in [-0.2, 0) is 12.8 Å². The van der Waals surface area contributed by atoms with E-state index >= 15 is 0 Å². The molecule has 2 aromatic carbocycles. The Morgan fingerprint density at radius 3 is 2.10 bits per heavy atom. The molecule has 4 heteroatoms. The molecule has 0 bridgehead atoms. The normalized spacial score (nSPS) is 12.4. The summed E-state index contributed by atoms with van der Waals surface area (Å²) in [5.74, 6) is -1.07. The van der Waals surface area contributed by atoms with E-state index in [0.717, 1.165) is 11.6 Å². The molecular formula is C16H14ClF3. The zero-order chi connectivity index (χ0) is 14.5. The highest BCUT2D eigenvalue weighted by atomic mass is 35.5. The van der Waals surface area contributed by atoms with E-state index in [4.69, 9.17) is 11.6 Å². The van der Waals surface area contributed by atoms with Crippen LogP contribution in [0.25, 0.3) is 0 Å². The fourth-order valence-corrected chi connectivity index (χ4v) is 2.35. The molecule has 0 heterocycles. The van der Waals surface area contributed by atoms with E-state index in [0.29, 0.717) is 24.3 Å². The zero-order valence-electron chi connectivity index (χ0n) is 10.8. The summed E-state index contributed by atoms with van der Waals surface area (Å²) < 4.78 is 39.3. The van der Waals surface area contributed by atoms with Crippen molar-refractivity contribution in [3.63, 3.8) is 0 Å². The van der Waals surface area contributed by atoms with Crippen LogP contribution in [-0.4, -0.2) is 5.88 Å². The summed E-state index contributed by atoms with van der Waals surface area (Å²) >= 11 is 5.91. The quantitative estimate of drug-likeness (QED) is 0.699. The average Bonchev–Trinajstić information content (AvgIpc) is 2.43. The molecule has 0 spiro atoms. The Morgan fingerprint density at radius 1 is 0.850 bits per heavy atom. The van der Waals surface area contributed by atoms with E-state index in [1.54, 1.807) is 12.1 Å². The molecule has 0 saturated carbocycles. The molecule has 106 valence electrons. The molecule has 2 aromatic rings. The molecule has 0 aliphatic heterocycles. The molecule has 1 unspecified atom stereocenters. The monoisotopic (exact) mass is 298 g/mol. The van der Waals surface area contributed by atoms with Crippen molar-refractivity contribution in [2.75, 3.05) is 5.88 Å². The van der Waals surface area contributed by atoms with Gasteiger partial charge in [-0.15, -0.1) is 11.6 Å². The molecule has 2 rings (SSSR count). The number of alkyl halides is 1. The van der Waals surface area contributed by atoms with E-state index in [1.807, 2.05) is 0 Å². The van der Waals surface area contributed by atoms with Crippen LogP contribution in [0.15, 0.2) is 42.5 Å². The first-order valence-electron chi connectivity index (χ1n) is 6.33. The minimum absolute atomic E-state index is 0.0158. The van der Waals surface area contributed by atoms with Crippen LogP contribution in [0.1, 0.15) is 11.1 Å². The van der Waals surface area contributed by atoms with Gasteiger partial charge in [-0.1, -0.05) is 18.2 Å². The highest BCUT2D eigenvalue weighted by Gasteiger charge is 2.13. The van der Waals surface area contributed by atoms with Gasteiger partial charge in [0.15, 0.2) is 0 Å². The van der Waals surface area contributed by atoms with Crippen LogP contribution in [0.4, 0.5) is 13.2 Å². The standard InChI is InChI=1S/C16H14ClF3/c17-10-12(7-11-1-4-14(18)5-2-11)8-13-3-6-15(19)9-16(13)20/h1-6,9,12H,7-8,10H2. The summed E-state index contributed by atoms with van der Waals surface area (Å²) in [6.07, 6.45) is 1.05. The van der Waals surface area contributed by atoms with Gasteiger partial charge in [0.2, 0.25) is 0 Å². The van der Waals surface area contributed by atoms with Crippen LogP contribution in [0.5, 0.6) is 0 Å². The number of hydrogen-bond acceptors (Lipinski definition) is 0. The lowest BCUT2D eigenvalue weighted by Gasteiger charge is -2.14. The van der Waals surface area contributed by atoms with Gasteiger partial charge in [0, 0.05) is 11.9 Å². The Balaban J connectivity index is 2.07. The largest absolute Gasteiger partial charge is 0.207 e. The fourth-order valence-electron chi connectivity index (χ4n) is 2.13. The minimum Gasteiger partial charge on any atom is -0.207 e. The Morgan fingerprint density at radius 2 is 1.50 bits per heavy atom. The maximum absolute atomic E-state index is 13.6. The Bertz CT molecular complexity index is 566. The van der Waals surface area contributed by atoms with Crippen molar-refractivity contribution in [2.45, 2.75) is 12.8 Å². The molecule has 1 atom stereocenters. The average molecular weight is 299 g/mol. The van der Waals surface area contributed by atoms with Gasteiger partial charge in [-0.2, -0.15) is 0 Å². The summed E-state index contributed by atoms with van der Waals surface area (Å²) in [6, 6.07) is 9.71. The molecule has 0 nitrogen and oxygen atoms in total. The Kier molecular flexibility index (Phi) is 5.07. The van der Waals surface area contributed by atoms with Crippen LogP contribution in [0, 0.1) is 23.4 Å². The molecule has 0 aliphatic rings. The Hall–Kier alpha value is -1.48. The summed E-state index contributed by atoms with van der Waals surface area (Å²) in [5.41, 5.74) is 1.39. The summed E-state index contributed by atoms with van der Waals surface area (Å²) in [5, 5.41) is 0. The third kappa shape index (κ3) is 4.01. The van der Waals surface area contributed by atoms with Gasteiger partial charge in [-0.3, -0.25) is 0 Å². The molecule has 0 aromatic heterocycles. The van der Waals surface area contributed by atoms with Crippen LogP contribution in [0.3, 0.4) is 0 Å². The summed E-state index contributed by atoms with van der Waals surface area (Å²) in [6.45, 7) is 0. The van der Waals surface area contributed by atoms with E-state index in [9.17, 15) is 13.2 Å². The first kappa shape index (κ1) is 14.9. The van der Waals surface area contributed by atoms with Crippen LogP contribution >= 0.6 is 11.6 Å². The minimum atomic E-state index is -0.591. The van der Waals surface area contributed by atoms with E-state index in [1.165, 1.54) is 24.3 Å². The molecule has 0 aliphatic carbocycles. The van der Waals surface area contributed by atoms with Crippen molar-refractivity contribution >= 4 is 11.6 Å². The van der Waals surface area contributed by atoms with E-state index < -0.39 is 11.6 Å². The molecule has 20 heavy (non-hydrogen) atoms. The van der Waals surface area contributed by atoms with Crippen molar-refractivity contribution in [3.05, 3.63) is 71.0 Å². The third-order valence-electron chi connectivity index (χ3n) is 3.18. The first-order chi connectivity index (χ1) is 9.58. The van der Waals surface area contributed by atoms with Crippen LogP contribution in [0.2, 0.25) is 0 Å². The number of rotatable bonds is 5. The lowest BCUT2D eigenvalue weighted by atomic mass is 9.94. The maximum Gasteiger partial charge on any atom is 0.129 e. The van der Waals surface area contributed by atoms with Crippen molar-refractivity contribution in [3.8, 4) is 0 Å². The van der Waals surface area contributed by atoms with Crippen molar-refractivity contribution < 1.29 is 13.2 Å². The third-order valence-corrected chi connectivity index (χ3v) is 3.62. The first-order valence-corrected chi connectivity index (χ1v) is 6.86. The van der Waals surface area contributed by atoms with Crippen molar-refractivity contribution in [2.24, 2.45) is 5.92 Å². The van der Waals surface area contributed by atoms with Crippen LogP contribution < -0.4 is 0 Å². The van der Waals surface area contributed by atoms with Crippen molar-refractivity contribution in [1.82, 2.24) is 0 Å². The second-order valence-electron chi connectivity index (χ2n) is 4.79. The fraction of sp³-hybridized carbons (Fsp3) is 0.250. The highest BCUT2D eigenvalue weighted by molar-refractivity contribution is 6.18. The molecular weight excluding hydrogens is 285 g/mol. The maximum atomic E-state index is 13.6. The topological polar surface area (TPSA) is 0 Å². The number of halogens is 4. The van der Waals surface area contributed by atoms with Gasteiger partial charge in [0.25, 0.3) is 0 Å². The molecule has 0 N–H and O–H groups in total. The van der Waals surface area contributed by atoms with Gasteiger partial charge in [-0.05, 0) is 48.1 Å². The van der Waals surface area contributed by atoms with E-state index in [2.05, 4.69) is 0 Å². The smallest absolute Gasteiger partial charge is 0.129 e. The number of hydrogen-bond donors (Lipinski definition) is 0. The SMILES string of the molecule is Fc1ccc(CC(CCl)Cc2ccc(F)cc2F)cc1. The molecule has 0 fully saturated rings. The molecule has 0 amide bonds. The predicted molar refractivity (Wildman–Crippen MR) is 74.4 cm³/mol. The molecule has 0 radical (unpaired) electrons. The van der Waals surface area contributed by atoms with Gasteiger partial charge in [-0.25, -0.2) is 13.2 Å². The van der Waals surface area contributed by atoms with Gasteiger partial charge >= 0.3 is 0 Å². The van der Waals surface area contributed by atoms with E-state index in [-0.39, 0.29) is 11.7 Å². The second-order valence-corrected chi connectivity index (χ2v) is 5.10. The highest BCUT2D eigenvalue weighted by Crippen LogP contribution is 2.19. The summed E-state index contributed by atoms with van der Waals surface area (Å²) in [4.78, 5) is 0. The second kappa shape index (κ2) is 6.80. The Labute approximate surface area is 121 Å². The number of benzene rings is 2. The zero-order valence-corrected chi connectivity index (χ0v) is 11.5. The summed E-state index contributed by atoms with van der Waals surface area (Å²) in [7, 11) is 0. The van der Waals surface area contributed by atoms with Gasteiger partial charge < -0.3 is 0 Å². The lowest BCUT2D eigenvalue weighted by Crippen LogP contribution is -2.11. The lowest BCUT2D eigenvalue weighted by molar-refractivity contribution is 0.533. The van der Waals surface area contributed by atoms with Gasteiger partial charge in [0.1, 0.15) is 17.5 Å². The van der Waals surface area contributed by atoms with Gasteiger partial charge in [0.05, 0.1) is 0 Å². The van der Waals surface area contributed by atoms with Crippen molar-refractivity contribution in [1.29, 1.82) is 0 Å². The molecule has 0 saturated heterocycles. The predicted octanol–water partition coefficient (Wildman–Crippen LogP) is 4.74.